The summed E-state index contributed by atoms with van der Waals surface area (Å²) < 4.78 is 27.4. The van der Waals surface area contributed by atoms with E-state index in [1.165, 1.54) is 6.07 Å². The standard InChI is InChI=1S/C29H30Cl2N4O6S/c1-42(39,40)34-23-10-4-5-11-24(23)35-27(21-14-13-17(30)15-22(21)31)26(19-8-2-3-9-20(19)29(35)38)28(37)33-41-16-18-7-6-12-25(36)32-18/h2-3,6-9,12-15,23-24,26-27,34H,4-5,10-11,16H2,1H3,(H,32,36)(H,33,37)/t23-,24-,26+,27-/m0/s1. The second kappa shape index (κ2) is 12.6. The predicted octanol–water partition coefficient (Wildman–Crippen LogP) is 4.07. The van der Waals surface area contributed by atoms with Gasteiger partial charge in [-0.2, -0.15) is 0 Å². The maximum absolute atomic E-state index is 14.3. The summed E-state index contributed by atoms with van der Waals surface area (Å²) in [6.45, 7) is -0.103. The van der Waals surface area contributed by atoms with E-state index in [-0.39, 0.29) is 23.1 Å². The molecule has 13 heteroatoms. The van der Waals surface area contributed by atoms with Crippen molar-refractivity contribution in [2.24, 2.45) is 0 Å². The summed E-state index contributed by atoms with van der Waals surface area (Å²) in [7, 11) is -3.60. The van der Waals surface area contributed by atoms with Gasteiger partial charge < -0.3 is 9.88 Å². The Morgan fingerprint density at radius 3 is 2.52 bits per heavy atom. The number of pyridine rings is 1. The Kier molecular flexibility index (Phi) is 9.05. The van der Waals surface area contributed by atoms with E-state index < -0.39 is 40.0 Å². The lowest BCUT2D eigenvalue weighted by Crippen LogP contribution is -2.59. The lowest BCUT2D eigenvalue weighted by Gasteiger charge is -2.49. The fourth-order valence-electron chi connectivity index (χ4n) is 5.95. The van der Waals surface area contributed by atoms with Crippen LogP contribution in [-0.2, 0) is 26.3 Å². The number of aromatic nitrogens is 1. The number of fused-ring (bicyclic) bond motifs is 1. The Balaban J connectivity index is 1.59. The molecule has 1 saturated carbocycles. The van der Waals surface area contributed by atoms with Gasteiger partial charge in [-0.25, -0.2) is 18.6 Å². The Morgan fingerprint density at radius 1 is 1.02 bits per heavy atom. The number of nitrogens with zero attached hydrogens (tertiary/aromatic N) is 1. The smallest absolute Gasteiger partial charge is 0.255 e. The van der Waals surface area contributed by atoms with Crippen LogP contribution < -0.4 is 15.8 Å². The molecule has 0 unspecified atom stereocenters. The number of halogens is 2. The van der Waals surface area contributed by atoms with Crippen LogP contribution in [0.3, 0.4) is 0 Å². The minimum Gasteiger partial charge on any atom is -0.326 e. The molecule has 0 radical (unpaired) electrons. The molecule has 1 aliphatic carbocycles. The molecule has 1 aromatic heterocycles. The highest BCUT2D eigenvalue weighted by Gasteiger charge is 2.49. The third-order valence-corrected chi connectivity index (χ3v) is 8.91. The van der Waals surface area contributed by atoms with Gasteiger partial charge in [0.1, 0.15) is 6.61 Å². The van der Waals surface area contributed by atoms with Gasteiger partial charge in [0.15, 0.2) is 0 Å². The Bertz CT molecular complexity index is 1660. The highest BCUT2D eigenvalue weighted by Crippen LogP contribution is 2.47. The lowest BCUT2D eigenvalue weighted by atomic mass is 9.76. The molecule has 4 atom stereocenters. The number of H-pyrrole nitrogens is 1. The molecule has 1 fully saturated rings. The van der Waals surface area contributed by atoms with Crippen LogP contribution >= 0.6 is 23.2 Å². The van der Waals surface area contributed by atoms with Gasteiger partial charge in [0.05, 0.1) is 18.2 Å². The molecule has 2 heterocycles. The first-order valence-electron chi connectivity index (χ1n) is 13.5. The molecular weight excluding hydrogens is 603 g/mol. The Labute approximate surface area is 253 Å². The Hall–Kier alpha value is -3.22. The van der Waals surface area contributed by atoms with Crippen LogP contribution in [0, 0.1) is 0 Å². The number of hydrogen-bond acceptors (Lipinski definition) is 6. The number of hydroxylamine groups is 1. The molecular formula is C29H30Cl2N4O6S. The number of sulfonamides is 1. The summed E-state index contributed by atoms with van der Waals surface area (Å²) in [5.41, 5.74) is 3.94. The summed E-state index contributed by atoms with van der Waals surface area (Å²) in [5.74, 6) is -1.86. The average Bonchev–Trinajstić information content (AvgIpc) is 2.93. The van der Waals surface area contributed by atoms with Gasteiger partial charge in [-0.15, -0.1) is 0 Å². The number of rotatable bonds is 8. The minimum atomic E-state index is -3.60. The number of carbonyl (C=O) groups is 2. The molecule has 3 aromatic rings. The quantitative estimate of drug-likeness (QED) is 0.320. The average molecular weight is 634 g/mol. The highest BCUT2D eigenvalue weighted by molar-refractivity contribution is 7.88. The number of aromatic amines is 1. The SMILES string of the molecule is CS(=O)(=O)N[C@H]1CCCC[C@@H]1N1C(=O)c2ccccc2[C@@H](C(=O)NOCc2cccc(=O)[nH]2)[C@@H]1c1ccc(Cl)cc1Cl. The van der Waals surface area contributed by atoms with Crippen LogP contribution in [0.2, 0.25) is 10.0 Å². The first-order valence-corrected chi connectivity index (χ1v) is 16.1. The van der Waals surface area contributed by atoms with Crippen molar-refractivity contribution in [2.75, 3.05) is 6.26 Å². The predicted molar refractivity (Wildman–Crippen MR) is 159 cm³/mol. The zero-order chi connectivity index (χ0) is 30.0. The van der Waals surface area contributed by atoms with Crippen LogP contribution in [-0.4, -0.2) is 48.5 Å². The minimum absolute atomic E-state index is 0.103. The highest BCUT2D eigenvalue weighted by atomic mass is 35.5. The van der Waals surface area contributed by atoms with Crippen LogP contribution in [0.1, 0.15) is 64.8 Å². The first kappa shape index (κ1) is 30.2. The van der Waals surface area contributed by atoms with E-state index in [0.29, 0.717) is 40.2 Å². The van der Waals surface area contributed by atoms with Crippen LogP contribution in [0.5, 0.6) is 0 Å². The van der Waals surface area contributed by atoms with Gasteiger partial charge in [0, 0.05) is 39.5 Å². The van der Waals surface area contributed by atoms with Crippen molar-refractivity contribution < 1.29 is 22.8 Å². The second-order valence-corrected chi connectivity index (χ2v) is 13.2. The van der Waals surface area contributed by atoms with Crippen LogP contribution in [0.15, 0.2) is 65.5 Å². The molecule has 222 valence electrons. The summed E-state index contributed by atoms with van der Waals surface area (Å²) in [6.07, 6.45) is 3.70. The number of amides is 2. The zero-order valence-electron chi connectivity index (χ0n) is 22.7. The van der Waals surface area contributed by atoms with E-state index in [9.17, 15) is 22.8 Å². The third kappa shape index (κ3) is 6.55. The van der Waals surface area contributed by atoms with E-state index >= 15 is 0 Å². The number of nitrogens with one attached hydrogen (secondary N) is 3. The topological polar surface area (TPSA) is 138 Å². The zero-order valence-corrected chi connectivity index (χ0v) is 25.0. The van der Waals surface area contributed by atoms with Crippen molar-refractivity contribution >= 4 is 45.0 Å². The molecule has 2 aromatic carbocycles. The molecule has 2 aliphatic rings. The maximum Gasteiger partial charge on any atom is 0.255 e. The molecule has 10 nitrogen and oxygen atoms in total. The number of benzene rings is 2. The molecule has 42 heavy (non-hydrogen) atoms. The van der Waals surface area contributed by atoms with Crippen molar-refractivity contribution in [3.8, 4) is 0 Å². The van der Waals surface area contributed by atoms with Gasteiger partial charge in [0.2, 0.25) is 15.6 Å². The molecule has 0 saturated heterocycles. The molecule has 5 rings (SSSR count). The van der Waals surface area contributed by atoms with Crippen molar-refractivity contribution in [1.82, 2.24) is 20.1 Å². The first-order chi connectivity index (χ1) is 20.0. The van der Waals surface area contributed by atoms with Crippen LogP contribution in [0.25, 0.3) is 0 Å². The lowest BCUT2D eigenvalue weighted by molar-refractivity contribution is -0.138. The summed E-state index contributed by atoms with van der Waals surface area (Å²) in [6, 6.07) is 14.2. The van der Waals surface area contributed by atoms with Gasteiger partial charge in [0.25, 0.3) is 11.8 Å². The number of hydrogen-bond donors (Lipinski definition) is 3. The van der Waals surface area contributed by atoms with E-state index in [4.69, 9.17) is 28.0 Å². The Morgan fingerprint density at radius 2 is 1.79 bits per heavy atom. The van der Waals surface area contributed by atoms with Crippen molar-refractivity contribution in [2.45, 2.75) is 56.3 Å². The van der Waals surface area contributed by atoms with Gasteiger partial charge >= 0.3 is 0 Å². The fraction of sp³-hybridized carbons (Fsp3) is 0.345. The van der Waals surface area contributed by atoms with Crippen molar-refractivity contribution in [3.05, 3.63) is 103 Å². The maximum atomic E-state index is 14.3. The summed E-state index contributed by atoms with van der Waals surface area (Å²) >= 11 is 12.9. The third-order valence-electron chi connectivity index (χ3n) is 7.62. The number of carbonyl (C=O) groups excluding carboxylic acids is 2. The van der Waals surface area contributed by atoms with E-state index in [1.807, 2.05) is 0 Å². The molecule has 3 N–H and O–H groups in total. The normalized spacial score (nSPS) is 22.5. The monoisotopic (exact) mass is 632 g/mol. The van der Waals surface area contributed by atoms with E-state index in [2.05, 4.69) is 15.2 Å². The summed E-state index contributed by atoms with van der Waals surface area (Å²) in [4.78, 5) is 49.7. The van der Waals surface area contributed by atoms with E-state index in [0.717, 1.165) is 19.1 Å². The molecule has 1 aliphatic heterocycles. The van der Waals surface area contributed by atoms with Gasteiger partial charge in [-0.05, 0) is 48.2 Å². The van der Waals surface area contributed by atoms with Crippen molar-refractivity contribution in [1.29, 1.82) is 0 Å². The fourth-order valence-corrected chi connectivity index (χ4v) is 7.30. The van der Waals surface area contributed by atoms with Gasteiger partial charge in [-0.3, -0.25) is 19.2 Å². The van der Waals surface area contributed by atoms with Crippen LogP contribution in [0.4, 0.5) is 0 Å². The molecule has 0 spiro atoms. The van der Waals surface area contributed by atoms with Gasteiger partial charge in [-0.1, -0.05) is 66.4 Å². The molecule has 0 bridgehead atoms. The van der Waals surface area contributed by atoms with E-state index in [1.54, 1.807) is 59.5 Å². The second-order valence-electron chi connectivity index (χ2n) is 10.5. The molecule has 2 amide bonds. The van der Waals surface area contributed by atoms with Crippen molar-refractivity contribution in [3.63, 3.8) is 0 Å². The largest absolute Gasteiger partial charge is 0.326 e. The summed E-state index contributed by atoms with van der Waals surface area (Å²) in [5, 5.41) is 0.641.